The summed E-state index contributed by atoms with van der Waals surface area (Å²) in [4.78, 5) is 14.5. The van der Waals surface area contributed by atoms with Crippen molar-refractivity contribution in [1.82, 2.24) is 14.9 Å². The van der Waals surface area contributed by atoms with Gasteiger partial charge in [0.2, 0.25) is 6.41 Å². The molecule has 92 valence electrons. The van der Waals surface area contributed by atoms with Crippen molar-refractivity contribution in [3.05, 3.63) is 49.1 Å². The minimum Gasteiger partial charge on any atom is -0.338 e. The van der Waals surface area contributed by atoms with E-state index < -0.39 is 6.04 Å². The van der Waals surface area contributed by atoms with Gasteiger partial charge in [-0.05, 0) is 19.1 Å². The maximum absolute atomic E-state index is 10.5. The maximum Gasteiger partial charge on any atom is 0.208 e. The summed E-state index contributed by atoms with van der Waals surface area (Å²) >= 11 is 0. The summed E-state index contributed by atoms with van der Waals surface area (Å²) in [7, 11) is 0. The van der Waals surface area contributed by atoms with Crippen LogP contribution in [0.1, 0.15) is 18.7 Å². The first kappa shape index (κ1) is 13.5. The number of carbonyl (C=O) groups excluding carboxylic acids is 1. The van der Waals surface area contributed by atoms with Crippen molar-refractivity contribution in [2.75, 3.05) is 0 Å². The lowest BCUT2D eigenvalue weighted by molar-refractivity contribution is -0.109. The van der Waals surface area contributed by atoms with Crippen LogP contribution < -0.4 is 5.32 Å². The Hall–Kier alpha value is -2.61. The molecule has 0 aliphatic rings. The molecule has 1 unspecified atom stereocenters. The van der Waals surface area contributed by atoms with Crippen LogP contribution in [0.3, 0.4) is 0 Å². The van der Waals surface area contributed by atoms with E-state index in [9.17, 15) is 4.79 Å². The molecule has 0 aromatic carbocycles. The summed E-state index contributed by atoms with van der Waals surface area (Å²) in [6, 6.07) is 1.27. The summed E-state index contributed by atoms with van der Waals surface area (Å²) in [5.41, 5.74) is 1.41. The van der Waals surface area contributed by atoms with Gasteiger partial charge in [-0.3, -0.25) is 4.79 Å². The van der Waals surface area contributed by atoms with E-state index in [4.69, 9.17) is 5.26 Å². The van der Waals surface area contributed by atoms with Crippen LogP contribution in [0.5, 0.6) is 0 Å². The number of hydrogen-bond donors (Lipinski definition) is 1. The number of imidazole rings is 1. The Morgan fingerprint density at radius 2 is 2.50 bits per heavy atom. The molecule has 0 bridgehead atoms. The lowest BCUT2D eigenvalue weighted by Gasteiger charge is -2.12. The Bertz CT molecular complexity index is 519. The third-order valence-corrected chi connectivity index (χ3v) is 2.23. The topological polar surface area (TPSA) is 70.7 Å². The van der Waals surface area contributed by atoms with E-state index in [1.165, 1.54) is 0 Å². The number of nitrogens with one attached hydrogen (secondary N) is 1. The molecule has 1 amide bonds. The van der Waals surface area contributed by atoms with E-state index >= 15 is 0 Å². The number of nitrogens with zero attached hydrogens (tertiary/aromatic N) is 3. The van der Waals surface area contributed by atoms with Crippen molar-refractivity contribution >= 4 is 12.1 Å². The molecule has 1 heterocycles. The predicted octanol–water partition coefficient (Wildman–Crippen LogP) is 1.80. The molecule has 0 radical (unpaired) electrons. The second kappa shape index (κ2) is 6.86. The van der Waals surface area contributed by atoms with Crippen LogP contribution >= 0.6 is 0 Å². The molecule has 0 aliphatic heterocycles. The minimum atomic E-state index is -0.733. The molecule has 1 N–H and O–H groups in total. The van der Waals surface area contributed by atoms with Gasteiger partial charge in [0.25, 0.3) is 0 Å². The van der Waals surface area contributed by atoms with Gasteiger partial charge in [-0.25, -0.2) is 4.98 Å². The van der Waals surface area contributed by atoms with E-state index in [-0.39, 0.29) is 0 Å². The van der Waals surface area contributed by atoms with Gasteiger partial charge < -0.3 is 9.88 Å². The van der Waals surface area contributed by atoms with Crippen molar-refractivity contribution in [3.63, 3.8) is 0 Å². The van der Waals surface area contributed by atoms with Crippen LogP contribution in [0, 0.1) is 11.3 Å². The zero-order valence-corrected chi connectivity index (χ0v) is 10.1. The summed E-state index contributed by atoms with van der Waals surface area (Å²) in [6.07, 6.45) is 10.8. The van der Waals surface area contributed by atoms with Crippen LogP contribution in [0.25, 0.3) is 5.70 Å². The number of hydrogen-bond acceptors (Lipinski definition) is 3. The highest BCUT2D eigenvalue weighted by Gasteiger charge is 2.15. The standard InChI is InChI=1S/C13H14N4O/c1-3-5-11(6-4-2)17-9-15-8-13(17)12(7-14)16-10-18/h3-6,8-10,12H,1H2,2H3,(H,16,18)/b6-4-,11-5+. The lowest BCUT2D eigenvalue weighted by Crippen LogP contribution is -2.20. The Balaban J connectivity index is 3.22. The molecular formula is C13H14N4O. The highest BCUT2D eigenvalue weighted by molar-refractivity contribution is 5.60. The molecule has 5 nitrogen and oxygen atoms in total. The number of aromatic nitrogens is 2. The van der Waals surface area contributed by atoms with E-state index in [1.54, 1.807) is 29.2 Å². The average molecular weight is 242 g/mol. The Morgan fingerprint density at radius 3 is 3.06 bits per heavy atom. The first-order valence-electron chi connectivity index (χ1n) is 5.35. The maximum atomic E-state index is 10.5. The lowest BCUT2D eigenvalue weighted by atomic mass is 10.2. The van der Waals surface area contributed by atoms with Crippen LogP contribution in [0.4, 0.5) is 0 Å². The van der Waals surface area contributed by atoms with E-state index in [0.29, 0.717) is 12.1 Å². The zero-order valence-electron chi connectivity index (χ0n) is 10.1. The molecule has 1 aromatic rings. The third kappa shape index (κ3) is 2.95. The van der Waals surface area contributed by atoms with Gasteiger partial charge >= 0.3 is 0 Å². The number of rotatable bonds is 6. The van der Waals surface area contributed by atoms with Crippen molar-refractivity contribution in [2.45, 2.75) is 13.0 Å². The molecule has 1 rings (SSSR count). The Morgan fingerprint density at radius 1 is 1.72 bits per heavy atom. The molecule has 18 heavy (non-hydrogen) atoms. The average Bonchev–Trinajstić information content (AvgIpc) is 2.84. The first-order valence-corrected chi connectivity index (χ1v) is 5.35. The molecule has 1 atom stereocenters. The van der Waals surface area contributed by atoms with Crippen molar-refractivity contribution in [1.29, 1.82) is 5.26 Å². The second-order valence-electron chi connectivity index (χ2n) is 3.36. The smallest absolute Gasteiger partial charge is 0.208 e. The molecule has 0 saturated heterocycles. The summed E-state index contributed by atoms with van der Waals surface area (Å²) in [5, 5.41) is 11.5. The minimum absolute atomic E-state index is 0.498. The van der Waals surface area contributed by atoms with Gasteiger partial charge in [0.05, 0.1) is 24.3 Å². The Labute approximate surface area is 106 Å². The van der Waals surface area contributed by atoms with Crippen LogP contribution in [-0.4, -0.2) is 16.0 Å². The second-order valence-corrected chi connectivity index (χ2v) is 3.36. The quantitative estimate of drug-likeness (QED) is 0.610. The molecule has 5 heteroatoms. The molecule has 0 aliphatic carbocycles. The zero-order chi connectivity index (χ0) is 13.4. The van der Waals surface area contributed by atoms with E-state index in [1.807, 2.05) is 25.1 Å². The number of amides is 1. The van der Waals surface area contributed by atoms with Crippen molar-refractivity contribution in [3.8, 4) is 6.07 Å². The predicted molar refractivity (Wildman–Crippen MR) is 69.1 cm³/mol. The van der Waals surface area contributed by atoms with Gasteiger partial charge in [-0.1, -0.05) is 18.7 Å². The first-order chi connectivity index (χ1) is 8.78. The summed E-state index contributed by atoms with van der Waals surface area (Å²) in [6.45, 7) is 5.53. The van der Waals surface area contributed by atoms with Crippen molar-refractivity contribution in [2.24, 2.45) is 0 Å². The van der Waals surface area contributed by atoms with E-state index in [2.05, 4.69) is 16.9 Å². The van der Waals surface area contributed by atoms with E-state index in [0.717, 1.165) is 5.70 Å². The van der Waals surface area contributed by atoms with Gasteiger partial charge in [-0.15, -0.1) is 0 Å². The van der Waals surface area contributed by atoms with Crippen LogP contribution in [0.15, 0.2) is 43.4 Å². The van der Waals surface area contributed by atoms with Gasteiger partial charge in [0.15, 0.2) is 6.04 Å². The fourth-order valence-corrected chi connectivity index (χ4v) is 1.50. The highest BCUT2D eigenvalue weighted by Crippen LogP contribution is 2.17. The number of nitriles is 1. The molecular weight excluding hydrogens is 228 g/mol. The monoisotopic (exact) mass is 242 g/mol. The molecule has 0 saturated carbocycles. The summed E-state index contributed by atoms with van der Waals surface area (Å²) in [5.74, 6) is 0. The molecule has 1 aromatic heterocycles. The number of carbonyl (C=O) groups is 1. The summed E-state index contributed by atoms with van der Waals surface area (Å²) < 4.78 is 1.73. The van der Waals surface area contributed by atoms with Gasteiger partial charge in [0.1, 0.15) is 0 Å². The largest absolute Gasteiger partial charge is 0.338 e. The normalized spacial score (nSPS) is 13.0. The van der Waals surface area contributed by atoms with Crippen molar-refractivity contribution < 1.29 is 4.79 Å². The van der Waals surface area contributed by atoms with Crippen LogP contribution in [0.2, 0.25) is 0 Å². The molecule has 0 fully saturated rings. The fraction of sp³-hybridized carbons (Fsp3) is 0.154. The Kier molecular flexibility index (Phi) is 5.13. The molecule has 0 spiro atoms. The van der Waals surface area contributed by atoms with Gasteiger partial charge in [-0.2, -0.15) is 5.26 Å². The fourth-order valence-electron chi connectivity index (χ4n) is 1.50. The third-order valence-electron chi connectivity index (χ3n) is 2.23. The van der Waals surface area contributed by atoms with Crippen LogP contribution in [-0.2, 0) is 4.79 Å². The highest BCUT2D eigenvalue weighted by atomic mass is 16.1. The number of allylic oxidation sites excluding steroid dienone is 5. The van der Waals surface area contributed by atoms with Gasteiger partial charge in [0, 0.05) is 5.70 Å². The SMILES string of the molecule is C=C/C=C(\C=C/C)n1cncc1C(C#N)NC=O.